The molecule has 0 aliphatic carbocycles. The summed E-state index contributed by atoms with van der Waals surface area (Å²) >= 11 is 2.33. The molecule has 68 valence electrons. The zero-order valence-corrected chi connectivity index (χ0v) is 9.75. The Balaban J connectivity index is 2.20. The van der Waals surface area contributed by atoms with E-state index in [1.165, 1.54) is 37.8 Å². The van der Waals surface area contributed by atoms with Crippen molar-refractivity contribution in [3.63, 3.8) is 0 Å². The molecule has 0 amide bonds. The van der Waals surface area contributed by atoms with Crippen LogP contribution in [-0.4, -0.2) is 2.78 Å². The Kier molecular flexibility index (Phi) is 4.73. The fourth-order valence-corrected chi connectivity index (χ4v) is 1.91. The van der Waals surface area contributed by atoms with E-state index in [-0.39, 0.29) is 0 Å². The van der Waals surface area contributed by atoms with Gasteiger partial charge in [0.15, 0.2) is 0 Å². The minimum atomic E-state index is 1.23. The summed E-state index contributed by atoms with van der Waals surface area (Å²) in [6.07, 6.45) is 8.75. The van der Waals surface area contributed by atoms with E-state index in [2.05, 4.69) is 50.9 Å². The van der Waals surface area contributed by atoms with Crippen LogP contribution in [0.25, 0.3) is 0 Å². The molecule has 1 aromatic rings. The van der Waals surface area contributed by atoms with Gasteiger partial charge >= 0.3 is 0 Å². The van der Waals surface area contributed by atoms with E-state index in [4.69, 9.17) is 0 Å². The summed E-state index contributed by atoms with van der Waals surface area (Å²) in [5.41, 5.74) is 1.45. The van der Waals surface area contributed by atoms with E-state index in [0.717, 1.165) is 0 Å². The first-order chi connectivity index (χ1) is 5.84. The lowest BCUT2D eigenvalue weighted by molar-refractivity contribution is 0.661. The molecule has 0 atom stereocenters. The monoisotopic (exact) mass is 277 g/mol. The first-order valence-electron chi connectivity index (χ1n) is 4.67. The molecule has 1 aromatic heterocycles. The third-order valence-corrected chi connectivity index (χ3v) is 3.01. The molecule has 0 N–H and O–H groups in total. The van der Waals surface area contributed by atoms with Gasteiger partial charge in [0.1, 0.15) is 0 Å². The predicted molar refractivity (Wildman–Crippen MR) is 61.7 cm³/mol. The second kappa shape index (κ2) is 5.62. The van der Waals surface area contributed by atoms with Gasteiger partial charge < -0.3 is 0 Å². The van der Waals surface area contributed by atoms with Crippen LogP contribution in [0.15, 0.2) is 18.3 Å². The fraction of sp³-hybridized carbons (Fsp3) is 0.600. The molecule has 0 aromatic carbocycles. The van der Waals surface area contributed by atoms with Gasteiger partial charge in [0.2, 0.25) is 0 Å². The highest BCUT2D eigenvalue weighted by Crippen LogP contribution is 2.11. The number of hydrogen-bond donors (Lipinski definition) is 0. The zero-order chi connectivity index (χ0) is 8.81. The van der Waals surface area contributed by atoms with Crippen LogP contribution in [0.1, 0.15) is 38.3 Å². The van der Waals surface area contributed by atoms with Gasteiger partial charge in [-0.25, -0.2) is 0 Å². The van der Waals surface area contributed by atoms with Crippen molar-refractivity contribution in [1.29, 1.82) is 0 Å². The Bertz CT molecular complexity index is 217. The first-order valence-corrected chi connectivity index (χ1v) is 5.63. The van der Waals surface area contributed by atoms with Gasteiger partial charge in [-0.15, -0.1) is 0 Å². The maximum absolute atomic E-state index is 2.33. The Morgan fingerprint density at radius 3 is 2.75 bits per heavy atom. The first kappa shape index (κ1) is 10.1. The molecule has 0 aliphatic heterocycles. The molecule has 12 heavy (non-hydrogen) atoms. The highest BCUT2D eigenvalue weighted by molar-refractivity contribution is 14.1. The zero-order valence-electron chi connectivity index (χ0n) is 7.59. The van der Waals surface area contributed by atoms with E-state index in [1.54, 1.807) is 0 Å². The lowest BCUT2D eigenvalue weighted by atomic mass is 10.1. The Labute approximate surface area is 88.7 Å². The van der Waals surface area contributed by atoms with Gasteiger partial charge in [-0.05, 0) is 25.0 Å². The van der Waals surface area contributed by atoms with E-state index in [9.17, 15) is 0 Å². The van der Waals surface area contributed by atoms with Crippen LogP contribution in [0.4, 0.5) is 0 Å². The molecule has 1 rings (SSSR count). The van der Waals surface area contributed by atoms with Gasteiger partial charge in [-0.3, -0.25) is 2.78 Å². The van der Waals surface area contributed by atoms with E-state index in [0.29, 0.717) is 0 Å². The van der Waals surface area contributed by atoms with Crippen LogP contribution in [0, 0.1) is 0 Å². The van der Waals surface area contributed by atoms with Crippen molar-refractivity contribution in [3.05, 3.63) is 24.0 Å². The van der Waals surface area contributed by atoms with E-state index < -0.39 is 0 Å². The molecule has 0 bridgehead atoms. The van der Waals surface area contributed by atoms with Crippen molar-refractivity contribution >= 4 is 22.9 Å². The highest BCUT2D eigenvalue weighted by atomic mass is 127. The van der Waals surface area contributed by atoms with Crippen molar-refractivity contribution < 1.29 is 0 Å². The minimum absolute atomic E-state index is 1.23. The normalized spacial score (nSPS) is 10.5. The van der Waals surface area contributed by atoms with Crippen LogP contribution in [0.2, 0.25) is 0 Å². The molecule has 0 fully saturated rings. The molecule has 0 saturated heterocycles. The predicted octanol–water partition coefficient (Wildman–Crippen LogP) is 3.81. The van der Waals surface area contributed by atoms with Crippen molar-refractivity contribution in [2.45, 2.75) is 39.0 Å². The third kappa shape index (κ3) is 3.17. The van der Waals surface area contributed by atoms with Gasteiger partial charge in [0.25, 0.3) is 0 Å². The maximum atomic E-state index is 2.33. The molecular weight excluding hydrogens is 261 g/mol. The Morgan fingerprint density at radius 1 is 1.33 bits per heavy atom. The second-order valence-electron chi connectivity index (χ2n) is 3.12. The van der Waals surface area contributed by atoms with Crippen LogP contribution >= 0.6 is 22.9 Å². The largest absolute Gasteiger partial charge is 0.294 e. The maximum Gasteiger partial charge on any atom is 0.0637 e. The topological polar surface area (TPSA) is 4.93 Å². The molecule has 0 saturated carbocycles. The fourth-order valence-electron chi connectivity index (χ4n) is 1.32. The number of hydrogen-bond acceptors (Lipinski definition) is 0. The summed E-state index contributed by atoms with van der Waals surface area (Å²) < 4.78 is 2.18. The lowest BCUT2D eigenvalue weighted by Gasteiger charge is -2.00. The Hall–Kier alpha value is 0.0100. The van der Waals surface area contributed by atoms with E-state index in [1.807, 2.05) is 0 Å². The third-order valence-electron chi connectivity index (χ3n) is 2.07. The number of halogens is 1. The summed E-state index contributed by atoms with van der Waals surface area (Å²) in [5, 5.41) is 0. The average molecular weight is 277 g/mol. The molecule has 0 aliphatic rings. The van der Waals surface area contributed by atoms with Crippen LogP contribution < -0.4 is 0 Å². The smallest absolute Gasteiger partial charge is 0.0637 e. The SMILES string of the molecule is CCCCCCc1cccn1I. The number of rotatable bonds is 5. The van der Waals surface area contributed by atoms with Crippen molar-refractivity contribution in [3.8, 4) is 0 Å². The quantitative estimate of drug-likeness (QED) is 0.569. The van der Waals surface area contributed by atoms with Gasteiger partial charge in [-0.2, -0.15) is 0 Å². The van der Waals surface area contributed by atoms with Crippen LogP contribution in [-0.2, 0) is 6.42 Å². The minimum Gasteiger partial charge on any atom is -0.294 e. The second-order valence-corrected chi connectivity index (χ2v) is 4.16. The number of aromatic nitrogens is 1. The number of unbranched alkanes of at least 4 members (excludes halogenated alkanes) is 3. The highest BCUT2D eigenvalue weighted by Gasteiger charge is 1.96. The number of nitrogens with zero attached hydrogens (tertiary/aromatic N) is 1. The van der Waals surface area contributed by atoms with Gasteiger partial charge in [0.05, 0.1) is 22.9 Å². The molecule has 0 unspecified atom stereocenters. The summed E-state index contributed by atoms with van der Waals surface area (Å²) in [5.74, 6) is 0. The summed E-state index contributed by atoms with van der Waals surface area (Å²) in [7, 11) is 0. The standard InChI is InChI=1S/C10H16IN/c1-2-3-4-5-7-10-8-6-9-12(10)11/h6,8-9H,2-5,7H2,1H3. The van der Waals surface area contributed by atoms with Gasteiger partial charge in [0, 0.05) is 11.9 Å². The summed E-state index contributed by atoms with van der Waals surface area (Å²) in [6.45, 7) is 2.25. The van der Waals surface area contributed by atoms with Crippen LogP contribution in [0.3, 0.4) is 0 Å². The molecule has 1 nitrogen and oxygen atoms in total. The lowest BCUT2D eigenvalue weighted by Crippen LogP contribution is -1.89. The van der Waals surface area contributed by atoms with Gasteiger partial charge in [-0.1, -0.05) is 26.2 Å². The summed E-state index contributed by atoms with van der Waals surface area (Å²) in [4.78, 5) is 0. The molecular formula is C10H16IN. The molecule has 1 heterocycles. The van der Waals surface area contributed by atoms with Crippen LogP contribution in [0.5, 0.6) is 0 Å². The molecule has 0 radical (unpaired) electrons. The van der Waals surface area contributed by atoms with E-state index >= 15 is 0 Å². The molecule has 0 spiro atoms. The molecule has 2 heteroatoms. The average Bonchev–Trinajstić information content (AvgIpc) is 2.46. The van der Waals surface area contributed by atoms with Crippen molar-refractivity contribution in [1.82, 2.24) is 2.78 Å². The summed E-state index contributed by atoms with van der Waals surface area (Å²) in [6, 6.07) is 4.32. The Morgan fingerprint density at radius 2 is 2.17 bits per heavy atom. The number of aryl methyl sites for hydroxylation is 1. The van der Waals surface area contributed by atoms with Crippen molar-refractivity contribution in [2.24, 2.45) is 0 Å². The van der Waals surface area contributed by atoms with Crippen molar-refractivity contribution in [2.75, 3.05) is 0 Å².